The predicted molar refractivity (Wildman–Crippen MR) is 158 cm³/mol. The van der Waals surface area contributed by atoms with Gasteiger partial charge < -0.3 is 14.5 Å². The minimum absolute atomic E-state index is 0.0771. The summed E-state index contributed by atoms with van der Waals surface area (Å²) in [7, 11) is 0. The van der Waals surface area contributed by atoms with Crippen LogP contribution in [0, 0.1) is 21.4 Å². The number of rotatable bonds is 8. The number of allylic oxidation sites excluding steroid dienone is 1. The number of hydrogen-bond donors (Lipinski definition) is 1. The molecule has 1 amide bonds. The van der Waals surface area contributed by atoms with E-state index in [2.05, 4.69) is 32.3 Å². The van der Waals surface area contributed by atoms with Crippen LogP contribution in [-0.2, 0) is 4.79 Å². The Hall–Kier alpha value is -5.12. The molecule has 12 heteroatoms. The highest BCUT2D eigenvalue weighted by Gasteiger charge is 2.17. The van der Waals surface area contributed by atoms with Crippen molar-refractivity contribution in [2.45, 2.75) is 0 Å². The Balaban J connectivity index is 1.45. The lowest BCUT2D eigenvalue weighted by atomic mass is 10.1. The minimum atomic E-state index is -0.581. The Morgan fingerprint density at radius 1 is 1.17 bits per heavy atom. The van der Waals surface area contributed by atoms with Gasteiger partial charge in [-0.25, -0.2) is 9.78 Å². The molecular formula is C29H17BrN4O6S. The molecule has 0 saturated heterocycles. The van der Waals surface area contributed by atoms with Gasteiger partial charge in [0, 0.05) is 38.6 Å². The average Bonchev–Trinajstić information content (AvgIpc) is 3.45. The zero-order chi connectivity index (χ0) is 28.9. The molecule has 1 N–H and O–H groups in total. The number of hydrogen-bond acceptors (Lipinski definition) is 9. The fourth-order valence-corrected chi connectivity index (χ4v) is 5.01. The van der Waals surface area contributed by atoms with Crippen LogP contribution in [0.3, 0.4) is 0 Å². The molecule has 0 spiro atoms. The molecule has 0 fully saturated rings. The van der Waals surface area contributed by atoms with E-state index in [1.807, 2.05) is 6.07 Å². The second-order valence-corrected chi connectivity index (χ2v) is 10.3. The largest absolute Gasteiger partial charge is 0.483 e. The van der Waals surface area contributed by atoms with Crippen LogP contribution in [0.15, 0.2) is 91.9 Å². The third kappa shape index (κ3) is 6.38. The second kappa shape index (κ2) is 12.0. The summed E-state index contributed by atoms with van der Waals surface area (Å²) in [6.07, 6.45) is 1.39. The van der Waals surface area contributed by atoms with Gasteiger partial charge in [-0.15, -0.1) is 11.3 Å². The highest BCUT2D eigenvalue weighted by molar-refractivity contribution is 9.10. The van der Waals surface area contributed by atoms with E-state index in [1.165, 1.54) is 24.3 Å². The summed E-state index contributed by atoms with van der Waals surface area (Å²) in [6.45, 7) is -0.370. The first-order chi connectivity index (χ1) is 19.8. The van der Waals surface area contributed by atoms with Gasteiger partial charge in [0.1, 0.15) is 22.4 Å². The number of nitro benzene ring substituents is 1. The van der Waals surface area contributed by atoms with Crippen molar-refractivity contribution in [3.63, 3.8) is 0 Å². The fourth-order valence-electron chi connectivity index (χ4n) is 3.85. The number of carbonyl (C=O) groups excluding carboxylic acids is 1. The molecular weight excluding hydrogens is 612 g/mol. The van der Waals surface area contributed by atoms with Gasteiger partial charge in [-0.2, -0.15) is 5.26 Å². The van der Waals surface area contributed by atoms with E-state index < -0.39 is 16.5 Å². The van der Waals surface area contributed by atoms with Gasteiger partial charge in [-0.1, -0.05) is 34.1 Å². The zero-order valence-corrected chi connectivity index (χ0v) is 23.3. The third-order valence-corrected chi connectivity index (χ3v) is 7.11. The van der Waals surface area contributed by atoms with Crippen LogP contribution in [0.5, 0.6) is 5.75 Å². The number of nitrogens with one attached hydrogen (secondary N) is 1. The predicted octanol–water partition coefficient (Wildman–Crippen LogP) is 6.67. The van der Waals surface area contributed by atoms with Crippen molar-refractivity contribution in [3.05, 3.63) is 114 Å². The van der Waals surface area contributed by atoms with Crippen molar-refractivity contribution in [1.82, 2.24) is 4.98 Å². The van der Waals surface area contributed by atoms with Crippen LogP contribution in [0.4, 0.5) is 11.4 Å². The number of nitro groups is 1. The van der Waals surface area contributed by atoms with Crippen molar-refractivity contribution in [2.24, 2.45) is 0 Å². The van der Waals surface area contributed by atoms with Gasteiger partial charge in [-0.3, -0.25) is 14.9 Å². The molecule has 0 aliphatic carbocycles. The molecule has 0 atom stereocenters. The first-order valence-corrected chi connectivity index (χ1v) is 13.6. The van der Waals surface area contributed by atoms with Crippen LogP contribution in [0.2, 0.25) is 0 Å². The summed E-state index contributed by atoms with van der Waals surface area (Å²) >= 11 is 4.52. The molecule has 0 bridgehead atoms. The molecule has 5 rings (SSSR count). The molecule has 0 aliphatic rings. The molecule has 41 heavy (non-hydrogen) atoms. The van der Waals surface area contributed by atoms with Gasteiger partial charge in [0.2, 0.25) is 0 Å². The lowest BCUT2D eigenvalue weighted by molar-refractivity contribution is -0.384. The average molecular weight is 629 g/mol. The molecule has 0 saturated carbocycles. The van der Waals surface area contributed by atoms with Crippen molar-refractivity contribution < 1.29 is 18.9 Å². The second-order valence-electron chi connectivity index (χ2n) is 8.52. The highest BCUT2D eigenvalue weighted by Crippen LogP contribution is 2.31. The SMILES string of the molecule is N#C/C(=C\c1cc([N+](=O)[O-])ccc1OCC(=O)Nc1ccccc1)c1nc(-c2cc3cc(Br)ccc3oc2=O)cs1. The summed E-state index contributed by atoms with van der Waals surface area (Å²) in [6, 6.07) is 21.6. The first-order valence-electron chi connectivity index (χ1n) is 11.9. The molecule has 10 nitrogen and oxygen atoms in total. The standard InChI is InChI=1S/C29H17BrN4O6S/c30-20-6-8-26-18(11-20)13-23(29(36)40-26)24-16-41-28(33-24)19(14-31)10-17-12-22(34(37)38)7-9-25(17)39-15-27(35)32-21-4-2-1-3-5-21/h1-13,16H,15H2,(H,32,35)/b19-10+. The Bertz CT molecular complexity index is 1930. The number of benzene rings is 3. The molecule has 202 valence electrons. The number of amides is 1. The number of non-ortho nitro benzene ring substituents is 1. The number of halogens is 1. The van der Waals surface area contributed by atoms with Crippen LogP contribution in [0.25, 0.3) is 33.9 Å². The zero-order valence-electron chi connectivity index (χ0n) is 20.9. The molecule has 5 aromatic rings. The lowest BCUT2D eigenvalue weighted by Crippen LogP contribution is -2.20. The van der Waals surface area contributed by atoms with Crippen LogP contribution >= 0.6 is 27.3 Å². The van der Waals surface area contributed by atoms with Crippen molar-refractivity contribution in [3.8, 4) is 23.1 Å². The minimum Gasteiger partial charge on any atom is -0.483 e. The van der Waals surface area contributed by atoms with Gasteiger partial charge in [-0.05, 0) is 48.5 Å². The van der Waals surface area contributed by atoms with Crippen molar-refractivity contribution >= 4 is 67.2 Å². The lowest BCUT2D eigenvalue weighted by Gasteiger charge is -2.10. The van der Waals surface area contributed by atoms with Crippen LogP contribution < -0.4 is 15.7 Å². The summed E-state index contributed by atoms with van der Waals surface area (Å²) in [5.41, 5.74) is 1.02. The first kappa shape index (κ1) is 27.4. The Morgan fingerprint density at radius 2 is 1.98 bits per heavy atom. The van der Waals surface area contributed by atoms with E-state index in [1.54, 1.807) is 53.9 Å². The van der Waals surface area contributed by atoms with E-state index >= 15 is 0 Å². The van der Waals surface area contributed by atoms with Gasteiger partial charge in [0.25, 0.3) is 11.6 Å². The Kier molecular flexibility index (Phi) is 8.00. The third-order valence-electron chi connectivity index (χ3n) is 5.75. The van der Waals surface area contributed by atoms with Crippen molar-refractivity contribution in [1.29, 1.82) is 5.26 Å². The summed E-state index contributed by atoms with van der Waals surface area (Å²) in [4.78, 5) is 40.3. The van der Waals surface area contributed by atoms with E-state index in [0.29, 0.717) is 22.4 Å². The monoisotopic (exact) mass is 628 g/mol. The Morgan fingerprint density at radius 3 is 2.73 bits per heavy atom. The molecule has 2 heterocycles. The maximum absolute atomic E-state index is 12.6. The highest BCUT2D eigenvalue weighted by atomic mass is 79.9. The summed E-state index contributed by atoms with van der Waals surface area (Å²) < 4.78 is 11.9. The van der Waals surface area contributed by atoms with E-state index in [4.69, 9.17) is 9.15 Å². The van der Waals surface area contributed by atoms with E-state index in [-0.39, 0.29) is 39.8 Å². The molecule has 3 aromatic carbocycles. The molecule has 0 unspecified atom stereocenters. The molecule has 0 radical (unpaired) electrons. The van der Waals surface area contributed by atoms with Gasteiger partial charge >= 0.3 is 5.63 Å². The number of ether oxygens (including phenoxy) is 1. The topological polar surface area (TPSA) is 148 Å². The number of para-hydroxylation sites is 1. The van der Waals surface area contributed by atoms with E-state index in [0.717, 1.165) is 15.8 Å². The number of thiazole rings is 1. The maximum atomic E-state index is 12.6. The van der Waals surface area contributed by atoms with Crippen LogP contribution in [0.1, 0.15) is 10.6 Å². The summed E-state index contributed by atoms with van der Waals surface area (Å²) in [5, 5.41) is 26.6. The number of carbonyl (C=O) groups is 1. The fraction of sp³-hybridized carbons (Fsp3) is 0.0345. The quantitative estimate of drug-likeness (QED) is 0.0866. The Labute approximate surface area is 244 Å². The molecule has 0 aliphatic heterocycles. The number of fused-ring (bicyclic) bond motifs is 1. The smallest absolute Gasteiger partial charge is 0.345 e. The number of anilines is 1. The summed E-state index contributed by atoms with van der Waals surface area (Å²) in [5.74, 6) is -0.278. The van der Waals surface area contributed by atoms with Crippen molar-refractivity contribution in [2.75, 3.05) is 11.9 Å². The molecule has 2 aromatic heterocycles. The number of aromatic nitrogens is 1. The van der Waals surface area contributed by atoms with Gasteiger partial charge in [0.05, 0.1) is 21.8 Å². The van der Waals surface area contributed by atoms with Crippen LogP contribution in [-0.4, -0.2) is 22.4 Å². The van der Waals surface area contributed by atoms with Gasteiger partial charge in [0.15, 0.2) is 6.61 Å². The normalized spacial score (nSPS) is 11.2. The maximum Gasteiger partial charge on any atom is 0.345 e. The number of nitrogens with zero attached hydrogens (tertiary/aromatic N) is 3. The number of nitriles is 1. The van der Waals surface area contributed by atoms with E-state index in [9.17, 15) is 25.0 Å².